The van der Waals surface area contributed by atoms with Gasteiger partial charge in [0.1, 0.15) is 18.1 Å². The lowest BCUT2D eigenvalue weighted by atomic mass is 10.1. The van der Waals surface area contributed by atoms with Crippen molar-refractivity contribution in [2.75, 3.05) is 17.2 Å². The minimum Gasteiger partial charge on any atom is -0.480 e. The quantitative estimate of drug-likeness (QED) is 0.302. The average Bonchev–Trinajstić information content (AvgIpc) is 2.75. The van der Waals surface area contributed by atoms with E-state index in [1.54, 1.807) is 0 Å². The van der Waals surface area contributed by atoms with Crippen molar-refractivity contribution in [1.29, 1.82) is 0 Å². The Morgan fingerprint density at radius 2 is 1.59 bits per heavy atom. The first-order valence-corrected chi connectivity index (χ1v) is 9.78. The molecule has 0 saturated carbocycles. The minimum absolute atomic E-state index is 0.0333. The molecule has 0 aliphatic heterocycles. The average molecular weight is 540 g/mol. The van der Waals surface area contributed by atoms with Crippen LogP contribution in [0.25, 0.3) is 11.3 Å². The van der Waals surface area contributed by atoms with Gasteiger partial charge in [0.15, 0.2) is 0 Å². The summed E-state index contributed by atoms with van der Waals surface area (Å²) in [6.07, 6.45) is -15.3. The Morgan fingerprint density at radius 1 is 0.892 bits per heavy atom. The maximum atomic E-state index is 13.5. The number of nitrogens with zero attached hydrogens (tertiary/aromatic N) is 2. The largest absolute Gasteiger partial charge is 0.573 e. The summed E-state index contributed by atoms with van der Waals surface area (Å²) in [5.41, 5.74) is -4.28. The van der Waals surface area contributed by atoms with Gasteiger partial charge in [-0.15, -0.1) is 13.2 Å². The second kappa shape index (κ2) is 10.0. The zero-order chi connectivity index (χ0) is 27.6. The third kappa shape index (κ3) is 7.62. The lowest BCUT2D eigenvalue weighted by Gasteiger charge is -2.17. The molecule has 1 heterocycles. The van der Waals surface area contributed by atoms with Crippen molar-refractivity contribution in [3.63, 3.8) is 0 Å². The van der Waals surface area contributed by atoms with Gasteiger partial charge in [-0.05, 0) is 30.3 Å². The number of anilines is 3. The molecular formula is C21H13F9N4O3. The standard InChI is InChI=1S/C21H13F9N4O3/c22-19(23,24)11-4-5-14(13(7-11)20(25,26)27)32-16-8-15(33-18(34-16)31-9-17(35)36)10-2-1-3-12(6-10)37-21(28,29)30/h1-8H,9H2,(H,35,36)(H2,31,32,33,34). The molecule has 3 rings (SSSR count). The van der Waals surface area contributed by atoms with Crippen molar-refractivity contribution >= 4 is 23.4 Å². The maximum Gasteiger partial charge on any atom is 0.573 e. The van der Waals surface area contributed by atoms with Crippen molar-refractivity contribution in [2.45, 2.75) is 18.7 Å². The van der Waals surface area contributed by atoms with Crippen LogP contribution in [0.2, 0.25) is 0 Å². The van der Waals surface area contributed by atoms with Crippen LogP contribution < -0.4 is 15.4 Å². The fraction of sp³-hybridized carbons (Fsp3) is 0.190. The SMILES string of the molecule is O=C(O)CNc1nc(Nc2ccc(C(F)(F)F)cc2C(F)(F)F)cc(-c2cccc(OC(F)(F)F)c2)n1. The lowest BCUT2D eigenvalue weighted by Crippen LogP contribution is -2.17. The van der Waals surface area contributed by atoms with Gasteiger partial charge >= 0.3 is 24.7 Å². The Balaban J connectivity index is 2.08. The molecule has 0 fully saturated rings. The third-order valence-electron chi connectivity index (χ3n) is 4.40. The highest BCUT2D eigenvalue weighted by molar-refractivity contribution is 5.73. The highest BCUT2D eigenvalue weighted by Gasteiger charge is 2.38. The van der Waals surface area contributed by atoms with Crippen LogP contribution >= 0.6 is 0 Å². The van der Waals surface area contributed by atoms with E-state index >= 15 is 0 Å². The molecule has 198 valence electrons. The van der Waals surface area contributed by atoms with Crippen LogP contribution in [0.15, 0.2) is 48.5 Å². The summed E-state index contributed by atoms with van der Waals surface area (Å²) in [5, 5.41) is 13.3. The van der Waals surface area contributed by atoms with E-state index in [4.69, 9.17) is 5.11 Å². The van der Waals surface area contributed by atoms with Crippen molar-refractivity contribution in [3.8, 4) is 17.0 Å². The van der Waals surface area contributed by atoms with Crippen LogP contribution in [0.4, 0.5) is 57.0 Å². The number of hydrogen-bond acceptors (Lipinski definition) is 6. The van der Waals surface area contributed by atoms with Gasteiger partial charge in [0.2, 0.25) is 5.95 Å². The van der Waals surface area contributed by atoms with Crippen LogP contribution in [0, 0.1) is 0 Å². The van der Waals surface area contributed by atoms with E-state index in [1.165, 1.54) is 6.07 Å². The van der Waals surface area contributed by atoms with Crippen LogP contribution in [-0.2, 0) is 17.1 Å². The summed E-state index contributed by atoms with van der Waals surface area (Å²) in [6.45, 7) is -0.742. The first-order chi connectivity index (χ1) is 17.0. The Labute approximate surface area is 200 Å². The molecule has 3 N–H and O–H groups in total. The molecule has 0 unspecified atom stereocenters. The van der Waals surface area contributed by atoms with Gasteiger partial charge in [0, 0.05) is 11.6 Å². The second-order valence-corrected chi connectivity index (χ2v) is 7.17. The van der Waals surface area contributed by atoms with Gasteiger partial charge in [-0.2, -0.15) is 31.3 Å². The fourth-order valence-electron chi connectivity index (χ4n) is 2.95. The molecule has 2 aromatic carbocycles. The number of nitrogens with one attached hydrogen (secondary N) is 2. The first kappa shape index (κ1) is 27.3. The predicted molar refractivity (Wildman–Crippen MR) is 110 cm³/mol. The van der Waals surface area contributed by atoms with Crippen molar-refractivity contribution in [3.05, 3.63) is 59.7 Å². The molecule has 0 spiro atoms. The summed E-state index contributed by atoms with van der Waals surface area (Å²) in [5.74, 6) is -2.92. The molecule has 0 radical (unpaired) electrons. The van der Waals surface area contributed by atoms with E-state index in [0.717, 1.165) is 24.3 Å². The van der Waals surface area contributed by atoms with Gasteiger partial charge in [-0.25, -0.2) is 4.98 Å². The zero-order valence-corrected chi connectivity index (χ0v) is 17.9. The zero-order valence-electron chi connectivity index (χ0n) is 17.9. The third-order valence-corrected chi connectivity index (χ3v) is 4.40. The molecule has 1 aromatic heterocycles. The van der Waals surface area contributed by atoms with E-state index in [1.807, 2.05) is 0 Å². The molecule has 3 aromatic rings. The molecule has 0 aliphatic carbocycles. The number of alkyl halides is 9. The molecule has 7 nitrogen and oxygen atoms in total. The lowest BCUT2D eigenvalue weighted by molar-refractivity contribution is -0.274. The van der Waals surface area contributed by atoms with E-state index in [-0.39, 0.29) is 17.3 Å². The summed E-state index contributed by atoms with van der Waals surface area (Å²) in [4.78, 5) is 18.6. The molecule has 0 amide bonds. The number of ether oxygens (including phenoxy) is 1. The maximum absolute atomic E-state index is 13.5. The molecule has 0 bridgehead atoms. The number of halogens is 9. The molecule has 0 aliphatic rings. The van der Waals surface area contributed by atoms with Gasteiger partial charge in [-0.3, -0.25) is 4.79 Å². The Kier molecular flexibility index (Phi) is 7.41. The van der Waals surface area contributed by atoms with E-state index in [9.17, 15) is 44.3 Å². The van der Waals surface area contributed by atoms with Crippen LogP contribution in [0.1, 0.15) is 11.1 Å². The fourth-order valence-corrected chi connectivity index (χ4v) is 2.95. The molecule has 16 heteroatoms. The van der Waals surface area contributed by atoms with Gasteiger partial charge in [0.25, 0.3) is 0 Å². The van der Waals surface area contributed by atoms with Crippen LogP contribution in [0.5, 0.6) is 5.75 Å². The van der Waals surface area contributed by atoms with Gasteiger partial charge in [-0.1, -0.05) is 12.1 Å². The number of carboxylic acid groups (broad SMARTS) is 1. The number of aliphatic carboxylic acids is 1. The molecule has 0 saturated heterocycles. The van der Waals surface area contributed by atoms with E-state index in [2.05, 4.69) is 25.3 Å². The Hall–Kier alpha value is -4.24. The minimum atomic E-state index is -5.22. The Bertz CT molecular complexity index is 1290. The highest BCUT2D eigenvalue weighted by Crippen LogP contribution is 2.40. The number of aromatic nitrogens is 2. The van der Waals surface area contributed by atoms with Gasteiger partial charge in [0.05, 0.1) is 22.5 Å². The Morgan fingerprint density at radius 3 is 2.19 bits per heavy atom. The number of carbonyl (C=O) groups is 1. The number of carboxylic acids is 1. The number of hydrogen-bond donors (Lipinski definition) is 3. The highest BCUT2D eigenvalue weighted by atomic mass is 19.4. The monoisotopic (exact) mass is 540 g/mol. The predicted octanol–water partition coefficient (Wildman–Crippen LogP) is 6.32. The topological polar surface area (TPSA) is 96.4 Å². The van der Waals surface area contributed by atoms with Crippen LogP contribution in [-0.4, -0.2) is 34.0 Å². The molecular weight excluding hydrogens is 527 g/mol. The smallest absolute Gasteiger partial charge is 0.480 e. The summed E-state index contributed by atoms with van der Waals surface area (Å²) in [6, 6.07) is 6.13. The number of benzene rings is 2. The number of rotatable bonds is 7. The van der Waals surface area contributed by atoms with Gasteiger partial charge < -0.3 is 20.5 Å². The molecule has 37 heavy (non-hydrogen) atoms. The second-order valence-electron chi connectivity index (χ2n) is 7.17. The normalized spacial score (nSPS) is 12.2. The van der Waals surface area contributed by atoms with Crippen molar-refractivity contribution in [2.24, 2.45) is 0 Å². The summed E-state index contributed by atoms with van der Waals surface area (Å²) < 4.78 is 121. The van der Waals surface area contributed by atoms with Crippen molar-refractivity contribution < 1.29 is 54.2 Å². The first-order valence-electron chi connectivity index (χ1n) is 9.78. The van der Waals surface area contributed by atoms with Crippen LogP contribution in [0.3, 0.4) is 0 Å². The summed E-state index contributed by atoms with van der Waals surface area (Å²) >= 11 is 0. The van der Waals surface area contributed by atoms with Crippen molar-refractivity contribution in [1.82, 2.24) is 9.97 Å². The van der Waals surface area contributed by atoms with E-state index in [0.29, 0.717) is 12.1 Å². The summed E-state index contributed by atoms with van der Waals surface area (Å²) in [7, 11) is 0. The van der Waals surface area contributed by atoms with E-state index < -0.39 is 65.6 Å². The molecule has 0 atom stereocenters.